The quantitative estimate of drug-likeness (QED) is 0.439. The number of ether oxygens (including phenoxy) is 2. The molecule has 7 heteroatoms. The molecule has 0 spiro atoms. The predicted octanol–water partition coefficient (Wildman–Crippen LogP) is 2.43. The van der Waals surface area contributed by atoms with Crippen LogP contribution in [0, 0.1) is 0 Å². The van der Waals surface area contributed by atoms with Gasteiger partial charge in [-0.05, 0) is 43.2 Å². The fourth-order valence-corrected chi connectivity index (χ4v) is 3.84. The molecule has 0 radical (unpaired) electrons. The number of hydrogen-bond donors (Lipinski definition) is 2. The molecule has 1 fully saturated rings. The Morgan fingerprint density at radius 3 is 2.84 bits per heavy atom. The molecule has 1 atom stereocenters. The average molecular weight is 365 g/mol. The van der Waals surface area contributed by atoms with Crippen LogP contribution in [0.4, 0.5) is 0 Å². The van der Waals surface area contributed by atoms with Gasteiger partial charge < -0.3 is 20.1 Å². The first kappa shape index (κ1) is 19.4. The van der Waals surface area contributed by atoms with Crippen LogP contribution in [0.25, 0.3) is 0 Å². The zero-order valence-electron chi connectivity index (χ0n) is 15.1. The van der Waals surface area contributed by atoms with Gasteiger partial charge in [0, 0.05) is 18.3 Å². The maximum Gasteiger partial charge on any atom is 0.341 e. The van der Waals surface area contributed by atoms with Crippen LogP contribution < -0.4 is 15.4 Å². The molecule has 0 aromatic heterocycles. The van der Waals surface area contributed by atoms with Gasteiger partial charge in [-0.15, -0.1) is 0 Å². The lowest BCUT2D eigenvalue weighted by atomic mass is 10.1. The minimum Gasteiger partial charge on any atom is -0.496 e. The highest BCUT2D eigenvalue weighted by molar-refractivity contribution is 8.00. The van der Waals surface area contributed by atoms with E-state index in [2.05, 4.69) is 22.5 Å². The van der Waals surface area contributed by atoms with E-state index in [0.29, 0.717) is 23.1 Å². The van der Waals surface area contributed by atoms with Crippen molar-refractivity contribution in [2.45, 2.75) is 31.6 Å². The highest BCUT2D eigenvalue weighted by atomic mass is 32.2. The Kier molecular flexibility index (Phi) is 7.91. The molecule has 0 bridgehead atoms. The number of carbonyl (C=O) groups is 1. The first-order chi connectivity index (χ1) is 12.2. The highest BCUT2D eigenvalue weighted by Crippen LogP contribution is 2.25. The van der Waals surface area contributed by atoms with Crippen LogP contribution >= 0.6 is 11.8 Å². The maximum atomic E-state index is 11.7. The minimum atomic E-state index is -0.407. The monoisotopic (exact) mass is 365 g/mol. The average Bonchev–Trinajstić information content (AvgIpc) is 3.16. The second kappa shape index (κ2) is 10.2. The summed E-state index contributed by atoms with van der Waals surface area (Å²) in [6, 6.07) is 5.41. The van der Waals surface area contributed by atoms with Gasteiger partial charge in [0.1, 0.15) is 11.3 Å². The van der Waals surface area contributed by atoms with Crippen LogP contribution in [0.2, 0.25) is 0 Å². The number of carbonyl (C=O) groups excluding carboxylic acids is 1. The smallest absolute Gasteiger partial charge is 0.341 e. The van der Waals surface area contributed by atoms with Crippen LogP contribution in [0.15, 0.2) is 23.2 Å². The summed E-state index contributed by atoms with van der Waals surface area (Å²) < 4.78 is 10.1. The summed E-state index contributed by atoms with van der Waals surface area (Å²) in [6.45, 7) is 4.30. The topological polar surface area (TPSA) is 72.0 Å². The number of guanidine groups is 1. The van der Waals surface area contributed by atoms with Gasteiger partial charge in [-0.1, -0.05) is 6.07 Å². The Morgan fingerprint density at radius 2 is 2.20 bits per heavy atom. The normalized spacial score (nSPS) is 17.2. The van der Waals surface area contributed by atoms with Crippen molar-refractivity contribution in [2.75, 3.05) is 33.1 Å². The number of methoxy groups -OCH3 is 2. The predicted molar refractivity (Wildman–Crippen MR) is 103 cm³/mol. The number of hydrogen-bond acceptors (Lipinski definition) is 5. The molecule has 1 aliphatic heterocycles. The van der Waals surface area contributed by atoms with E-state index >= 15 is 0 Å². The van der Waals surface area contributed by atoms with E-state index in [9.17, 15) is 4.79 Å². The van der Waals surface area contributed by atoms with Crippen LogP contribution in [-0.2, 0) is 11.3 Å². The fourth-order valence-electron chi connectivity index (χ4n) is 2.64. The van der Waals surface area contributed by atoms with Crippen LogP contribution in [0.3, 0.4) is 0 Å². The number of nitrogens with zero attached hydrogens (tertiary/aromatic N) is 1. The van der Waals surface area contributed by atoms with E-state index in [4.69, 9.17) is 9.47 Å². The van der Waals surface area contributed by atoms with Crippen molar-refractivity contribution in [3.05, 3.63) is 29.3 Å². The molecule has 2 rings (SSSR count). The van der Waals surface area contributed by atoms with E-state index in [1.54, 1.807) is 13.2 Å². The first-order valence-electron chi connectivity index (χ1n) is 8.57. The zero-order chi connectivity index (χ0) is 18.1. The lowest BCUT2D eigenvalue weighted by molar-refractivity contribution is 0.0597. The first-order valence-corrected chi connectivity index (χ1v) is 9.61. The van der Waals surface area contributed by atoms with Crippen LogP contribution in [0.5, 0.6) is 5.75 Å². The second-order valence-corrected chi connectivity index (χ2v) is 7.15. The lowest BCUT2D eigenvalue weighted by Gasteiger charge is -2.14. The number of esters is 1. The molecule has 0 amide bonds. The van der Waals surface area contributed by atoms with Gasteiger partial charge in [0.05, 0.1) is 20.8 Å². The summed E-state index contributed by atoms with van der Waals surface area (Å²) in [4.78, 5) is 16.3. The summed E-state index contributed by atoms with van der Waals surface area (Å²) in [5, 5.41) is 7.35. The van der Waals surface area contributed by atoms with Crippen molar-refractivity contribution in [1.29, 1.82) is 0 Å². The van der Waals surface area contributed by atoms with E-state index < -0.39 is 5.97 Å². The molecule has 6 nitrogen and oxygen atoms in total. The molecule has 1 aromatic carbocycles. The van der Waals surface area contributed by atoms with Gasteiger partial charge in [0.25, 0.3) is 0 Å². The Hall–Kier alpha value is -1.89. The van der Waals surface area contributed by atoms with Gasteiger partial charge in [-0.25, -0.2) is 9.79 Å². The Morgan fingerprint density at radius 1 is 1.36 bits per heavy atom. The van der Waals surface area contributed by atoms with Gasteiger partial charge >= 0.3 is 5.97 Å². The molecule has 1 unspecified atom stereocenters. The number of nitrogens with one attached hydrogen (secondary N) is 2. The van der Waals surface area contributed by atoms with E-state index in [1.165, 1.54) is 25.7 Å². The van der Waals surface area contributed by atoms with Crippen molar-refractivity contribution in [2.24, 2.45) is 4.99 Å². The van der Waals surface area contributed by atoms with Crippen LogP contribution in [0.1, 0.15) is 35.7 Å². The van der Waals surface area contributed by atoms with E-state index in [1.807, 2.05) is 23.9 Å². The lowest BCUT2D eigenvalue weighted by Crippen LogP contribution is -2.40. The van der Waals surface area contributed by atoms with Crippen molar-refractivity contribution >= 4 is 23.7 Å². The maximum absolute atomic E-state index is 11.7. The third kappa shape index (κ3) is 5.85. The molecular formula is C18H27N3O3S. The van der Waals surface area contributed by atoms with Gasteiger partial charge in [-0.3, -0.25) is 0 Å². The fraction of sp³-hybridized carbons (Fsp3) is 0.556. The zero-order valence-corrected chi connectivity index (χ0v) is 15.9. The largest absolute Gasteiger partial charge is 0.496 e. The Balaban J connectivity index is 2.01. The number of thioether (sulfide) groups is 1. The molecule has 2 N–H and O–H groups in total. The van der Waals surface area contributed by atoms with Crippen molar-refractivity contribution < 1.29 is 14.3 Å². The summed E-state index contributed by atoms with van der Waals surface area (Å²) in [6.07, 6.45) is 2.57. The Labute approximate surface area is 153 Å². The minimum absolute atomic E-state index is 0.407. The molecule has 0 aliphatic carbocycles. The molecule has 25 heavy (non-hydrogen) atoms. The summed E-state index contributed by atoms with van der Waals surface area (Å²) in [5.41, 5.74) is 1.39. The molecule has 1 heterocycles. The summed E-state index contributed by atoms with van der Waals surface area (Å²) in [5.74, 6) is 2.16. The van der Waals surface area contributed by atoms with Crippen LogP contribution in [-0.4, -0.2) is 50.2 Å². The molecule has 1 aliphatic rings. The van der Waals surface area contributed by atoms with Crippen molar-refractivity contribution in [1.82, 2.24) is 10.6 Å². The second-order valence-electron chi connectivity index (χ2n) is 5.74. The molecular weight excluding hydrogens is 338 g/mol. The third-order valence-corrected chi connectivity index (χ3v) is 5.35. The standard InChI is InChI=1S/C18H27N3O3S/c1-4-19-18(21-12-14-6-5-9-25-14)20-11-13-7-8-15(17(22)24-3)16(10-13)23-2/h7-8,10,14H,4-6,9,11-12H2,1-3H3,(H2,19,20,21). The van der Waals surface area contributed by atoms with Crippen molar-refractivity contribution in [3.8, 4) is 5.75 Å². The Bertz CT molecular complexity index is 601. The molecule has 1 aromatic rings. The summed E-state index contributed by atoms with van der Waals surface area (Å²) >= 11 is 2.02. The highest BCUT2D eigenvalue weighted by Gasteiger charge is 2.16. The molecule has 138 valence electrons. The van der Waals surface area contributed by atoms with Gasteiger partial charge in [0.15, 0.2) is 5.96 Å². The summed E-state index contributed by atoms with van der Waals surface area (Å²) in [7, 11) is 2.90. The molecule has 1 saturated heterocycles. The number of aliphatic imine (C=N–C) groups is 1. The number of rotatable bonds is 7. The van der Waals surface area contributed by atoms with Gasteiger partial charge in [-0.2, -0.15) is 11.8 Å². The third-order valence-electron chi connectivity index (χ3n) is 3.96. The SMILES string of the molecule is CCNC(=NCc1ccc(C(=O)OC)c(OC)c1)NCC1CCCS1. The molecule has 0 saturated carbocycles. The van der Waals surface area contributed by atoms with Gasteiger partial charge in [0.2, 0.25) is 0 Å². The van der Waals surface area contributed by atoms with E-state index in [0.717, 1.165) is 24.6 Å². The number of benzene rings is 1. The van der Waals surface area contributed by atoms with Crippen molar-refractivity contribution in [3.63, 3.8) is 0 Å². The van der Waals surface area contributed by atoms with E-state index in [-0.39, 0.29) is 0 Å².